The van der Waals surface area contributed by atoms with Gasteiger partial charge in [-0.15, -0.1) is 0 Å². The molecular weight excluding hydrogens is 430 g/mol. The summed E-state index contributed by atoms with van der Waals surface area (Å²) in [5.41, 5.74) is 2.20. The number of amides is 1. The zero-order chi connectivity index (χ0) is 21.7. The van der Waals surface area contributed by atoms with Crippen LogP contribution in [0.25, 0.3) is 0 Å². The van der Waals surface area contributed by atoms with Crippen molar-refractivity contribution in [3.05, 3.63) is 59.7 Å². The summed E-state index contributed by atoms with van der Waals surface area (Å²) >= 11 is 1.98. The second-order valence-corrected chi connectivity index (χ2v) is 11.1. The third-order valence-electron chi connectivity index (χ3n) is 5.78. The van der Waals surface area contributed by atoms with Crippen molar-refractivity contribution < 1.29 is 13.2 Å². The van der Waals surface area contributed by atoms with Crippen molar-refractivity contribution in [1.82, 2.24) is 9.62 Å². The van der Waals surface area contributed by atoms with Gasteiger partial charge in [0.25, 0.3) is 5.91 Å². The summed E-state index contributed by atoms with van der Waals surface area (Å²) in [4.78, 5) is 15.3. The Morgan fingerprint density at radius 2 is 1.77 bits per heavy atom. The van der Waals surface area contributed by atoms with Gasteiger partial charge in [0, 0.05) is 48.4 Å². The fraction of sp³-hybridized carbons (Fsp3) is 0.435. The number of carbonyl (C=O) groups excluding carboxylic acids is 1. The van der Waals surface area contributed by atoms with Crippen LogP contribution in [0.3, 0.4) is 0 Å². The Morgan fingerprint density at radius 3 is 2.55 bits per heavy atom. The van der Waals surface area contributed by atoms with E-state index in [9.17, 15) is 13.2 Å². The first kappa shape index (κ1) is 22.3. The maximum atomic E-state index is 12.8. The quantitative estimate of drug-likeness (QED) is 0.660. The van der Waals surface area contributed by atoms with Gasteiger partial charge in [0.15, 0.2) is 0 Å². The molecule has 8 heteroatoms. The van der Waals surface area contributed by atoms with E-state index in [0.717, 1.165) is 62.4 Å². The van der Waals surface area contributed by atoms with E-state index in [1.807, 2.05) is 30.0 Å². The normalized spacial score (nSPS) is 18.2. The lowest BCUT2D eigenvalue weighted by molar-refractivity contribution is 0.102. The predicted molar refractivity (Wildman–Crippen MR) is 126 cm³/mol. The number of nitrogens with zero attached hydrogens (tertiary/aromatic N) is 1. The third kappa shape index (κ3) is 6.10. The first-order chi connectivity index (χ1) is 15.0. The minimum absolute atomic E-state index is 0.0104. The molecular formula is C23H29N3O3S2. The molecule has 1 saturated carbocycles. The van der Waals surface area contributed by atoms with Crippen LogP contribution in [0, 0.1) is 0 Å². The Bertz CT molecular complexity index is 1010. The maximum Gasteiger partial charge on any atom is 0.255 e. The molecule has 166 valence electrons. The van der Waals surface area contributed by atoms with Crippen LogP contribution < -0.4 is 10.0 Å². The molecule has 1 amide bonds. The third-order valence-corrected chi connectivity index (χ3v) is 8.24. The molecule has 4 rings (SSSR count). The number of hydrogen-bond acceptors (Lipinski definition) is 5. The maximum absolute atomic E-state index is 12.8. The van der Waals surface area contributed by atoms with Gasteiger partial charge in [-0.1, -0.05) is 31.0 Å². The molecule has 0 aromatic heterocycles. The molecule has 0 spiro atoms. The summed E-state index contributed by atoms with van der Waals surface area (Å²) in [6.07, 6.45) is 3.83. The highest BCUT2D eigenvalue weighted by Gasteiger charge is 2.23. The fourth-order valence-electron chi connectivity index (χ4n) is 4.10. The van der Waals surface area contributed by atoms with E-state index in [0.29, 0.717) is 11.3 Å². The van der Waals surface area contributed by atoms with Crippen LogP contribution in [0.15, 0.2) is 53.4 Å². The molecule has 0 atom stereocenters. The highest BCUT2D eigenvalue weighted by molar-refractivity contribution is 7.99. The predicted octanol–water partition coefficient (Wildman–Crippen LogP) is 3.71. The van der Waals surface area contributed by atoms with Gasteiger partial charge >= 0.3 is 0 Å². The lowest BCUT2D eigenvalue weighted by Crippen LogP contribution is -2.32. The van der Waals surface area contributed by atoms with Crippen molar-refractivity contribution in [2.45, 2.75) is 43.2 Å². The highest BCUT2D eigenvalue weighted by atomic mass is 32.2. The van der Waals surface area contributed by atoms with E-state index < -0.39 is 10.0 Å². The Hall–Kier alpha value is -1.87. The second-order valence-electron chi connectivity index (χ2n) is 8.17. The number of hydrogen-bond donors (Lipinski definition) is 2. The van der Waals surface area contributed by atoms with E-state index in [1.165, 1.54) is 12.1 Å². The molecule has 1 heterocycles. The minimum atomic E-state index is -3.63. The summed E-state index contributed by atoms with van der Waals surface area (Å²) in [6.45, 7) is 3.03. The molecule has 31 heavy (non-hydrogen) atoms. The molecule has 0 radical (unpaired) electrons. The van der Waals surface area contributed by atoms with E-state index in [2.05, 4.69) is 21.0 Å². The van der Waals surface area contributed by atoms with Gasteiger partial charge in [-0.3, -0.25) is 9.69 Å². The van der Waals surface area contributed by atoms with Crippen LogP contribution in [-0.2, 0) is 16.6 Å². The van der Waals surface area contributed by atoms with Crippen LogP contribution in [0.4, 0.5) is 5.69 Å². The lowest BCUT2D eigenvalue weighted by Gasteiger charge is -2.26. The largest absolute Gasteiger partial charge is 0.322 e. The first-order valence-corrected chi connectivity index (χ1v) is 13.5. The molecule has 1 aliphatic carbocycles. The molecule has 0 unspecified atom stereocenters. The van der Waals surface area contributed by atoms with Crippen molar-refractivity contribution >= 4 is 33.4 Å². The van der Waals surface area contributed by atoms with Gasteiger partial charge in [0.05, 0.1) is 4.90 Å². The lowest BCUT2D eigenvalue weighted by atomic mass is 10.1. The van der Waals surface area contributed by atoms with Gasteiger partial charge < -0.3 is 5.32 Å². The SMILES string of the molecule is O=C(Nc1cccc(CN2CCSCC2)c1)c1cccc(S(=O)(=O)NC2CCCC2)c1. The number of anilines is 1. The highest BCUT2D eigenvalue weighted by Crippen LogP contribution is 2.21. The minimum Gasteiger partial charge on any atom is -0.322 e. The van der Waals surface area contributed by atoms with Crippen molar-refractivity contribution in [1.29, 1.82) is 0 Å². The molecule has 6 nitrogen and oxygen atoms in total. The zero-order valence-electron chi connectivity index (χ0n) is 17.5. The van der Waals surface area contributed by atoms with Gasteiger partial charge in [0.1, 0.15) is 0 Å². The molecule has 1 aliphatic heterocycles. The standard InChI is InChI=1S/C23H29N3O3S2/c27-23(24-21-9-3-5-18(15-21)17-26-11-13-30-14-12-26)19-6-4-10-22(16-19)31(28,29)25-20-7-1-2-8-20/h3-6,9-10,15-16,20,25H,1-2,7-8,11-14,17H2,(H,24,27). The number of benzene rings is 2. The average molecular weight is 460 g/mol. The van der Waals surface area contributed by atoms with Crippen LogP contribution in [0.5, 0.6) is 0 Å². The van der Waals surface area contributed by atoms with Crippen LogP contribution in [-0.4, -0.2) is 49.9 Å². The van der Waals surface area contributed by atoms with Gasteiger partial charge in [0.2, 0.25) is 10.0 Å². The van der Waals surface area contributed by atoms with Gasteiger partial charge in [-0.05, 0) is 48.7 Å². The number of nitrogens with one attached hydrogen (secondary N) is 2. The summed E-state index contributed by atoms with van der Waals surface area (Å²) in [6, 6.07) is 14.1. The molecule has 2 fully saturated rings. The summed E-state index contributed by atoms with van der Waals surface area (Å²) in [7, 11) is -3.63. The number of carbonyl (C=O) groups is 1. The Balaban J connectivity index is 1.43. The molecule has 2 N–H and O–H groups in total. The Kier molecular flexibility index (Phi) is 7.32. The monoisotopic (exact) mass is 459 g/mol. The van der Waals surface area contributed by atoms with E-state index in [-0.39, 0.29) is 16.8 Å². The second kappa shape index (κ2) is 10.2. The smallest absolute Gasteiger partial charge is 0.255 e. The van der Waals surface area contributed by atoms with E-state index in [1.54, 1.807) is 12.1 Å². The van der Waals surface area contributed by atoms with Crippen molar-refractivity contribution in [3.63, 3.8) is 0 Å². The Morgan fingerprint density at radius 1 is 1.03 bits per heavy atom. The average Bonchev–Trinajstić information content (AvgIpc) is 3.27. The topological polar surface area (TPSA) is 78.5 Å². The molecule has 0 bridgehead atoms. The zero-order valence-corrected chi connectivity index (χ0v) is 19.2. The number of sulfonamides is 1. The molecule has 1 saturated heterocycles. The summed E-state index contributed by atoms with van der Waals surface area (Å²) in [5, 5.41) is 2.91. The van der Waals surface area contributed by atoms with Crippen LogP contribution >= 0.6 is 11.8 Å². The fourth-order valence-corrected chi connectivity index (χ4v) is 6.43. The first-order valence-electron chi connectivity index (χ1n) is 10.8. The number of thioether (sulfide) groups is 1. The van der Waals surface area contributed by atoms with E-state index >= 15 is 0 Å². The summed E-state index contributed by atoms with van der Waals surface area (Å²) < 4.78 is 28.2. The van der Waals surface area contributed by atoms with Crippen molar-refractivity contribution in [2.75, 3.05) is 29.9 Å². The molecule has 2 aromatic rings. The van der Waals surface area contributed by atoms with Crippen molar-refractivity contribution in [3.8, 4) is 0 Å². The van der Waals surface area contributed by atoms with E-state index in [4.69, 9.17) is 0 Å². The van der Waals surface area contributed by atoms with Crippen molar-refractivity contribution in [2.24, 2.45) is 0 Å². The summed E-state index contributed by atoms with van der Waals surface area (Å²) in [5.74, 6) is 2.00. The molecule has 2 aromatic carbocycles. The van der Waals surface area contributed by atoms with Crippen LogP contribution in [0.2, 0.25) is 0 Å². The van der Waals surface area contributed by atoms with Gasteiger partial charge in [-0.25, -0.2) is 13.1 Å². The Labute approximate surface area is 188 Å². The molecule has 2 aliphatic rings. The van der Waals surface area contributed by atoms with Crippen LogP contribution in [0.1, 0.15) is 41.6 Å². The number of rotatable bonds is 7. The van der Waals surface area contributed by atoms with Gasteiger partial charge in [-0.2, -0.15) is 11.8 Å².